The Hall–Kier alpha value is -3.04. The van der Waals surface area contributed by atoms with Gasteiger partial charge >= 0.3 is 6.18 Å². The molecule has 0 saturated heterocycles. The topological polar surface area (TPSA) is 85.5 Å². The molecular weight excluding hydrogens is 355 g/mol. The monoisotopic (exact) mass is 369 g/mol. The normalized spacial score (nSPS) is 11.7. The molecule has 0 N–H and O–H groups in total. The Balaban J connectivity index is 1.61. The quantitative estimate of drug-likeness (QED) is 0.634. The van der Waals surface area contributed by atoms with Crippen molar-refractivity contribution in [3.05, 3.63) is 48.4 Å². The molecule has 3 aromatic rings. The molecule has 10 heteroatoms. The van der Waals surface area contributed by atoms with Gasteiger partial charge in [0.2, 0.25) is 17.6 Å². The van der Waals surface area contributed by atoms with Gasteiger partial charge in [0, 0.05) is 12.8 Å². The molecule has 0 radical (unpaired) electrons. The first-order chi connectivity index (χ1) is 12.4. The SMILES string of the molecule is O=C(CCc1nc(-c2ccco2)no1)N(Cc1ccco1)CC(F)(F)F. The van der Waals surface area contributed by atoms with Crippen molar-refractivity contribution in [3.8, 4) is 11.6 Å². The molecule has 7 nitrogen and oxygen atoms in total. The summed E-state index contributed by atoms with van der Waals surface area (Å²) in [6.45, 7) is -1.64. The van der Waals surface area contributed by atoms with E-state index in [0.29, 0.717) is 10.7 Å². The Labute approximate surface area is 145 Å². The Bertz CT molecular complexity index is 825. The van der Waals surface area contributed by atoms with E-state index < -0.39 is 18.6 Å². The number of carbonyl (C=O) groups excluding carboxylic acids is 1. The average molecular weight is 369 g/mol. The fourth-order valence-electron chi connectivity index (χ4n) is 2.27. The Kier molecular flexibility index (Phi) is 5.10. The smallest absolute Gasteiger partial charge is 0.406 e. The average Bonchev–Trinajstić information content (AvgIpc) is 3.31. The number of amides is 1. The number of aromatic nitrogens is 2. The van der Waals surface area contributed by atoms with Gasteiger partial charge in [-0.25, -0.2) is 0 Å². The van der Waals surface area contributed by atoms with Crippen LogP contribution in [0.1, 0.15) is 18.1 Å². The highest BCUT2D eigenvalue weighted by atomic mass is 19.4. The summed E-state index contributed by atoms with van der Waals surface area (Å²) in [6, 6.07) is 6.33. The molecular formula is C16H14F3N3O4. The number of rotatable bonds is 7. The molecule has 3 rings (SSSR count). The van der Waals surface area contributed by atoms with E-state index in [2.05, 4.69) is 10.1 Å². The minimum absolute atomic E-state index is 0.0130. The zero-order valence-corrected chi connectivity index (χ0v) is 13.4. The van der Waals surface area contributed by atoms with Crippen molar-refractivity contribution < 1.29 is 31.3 Å². The lowest BCUT2D eigenvalue weighted by molar-refractivity contribution is -0.162. The summed E-state index contributed by atoms with van der Waals surface area (Å²) in [7, 11) is 0. The number of halogens is 3. The second kappa shape index (κ2) is 7.46. The summed E-state index contributed by atoms with van der Waals surface area (Å²) >= 11 is 0. The van der Waals surface area contributed by atoms with E-state index >= 15 is 0 Å². The van der Waals surface area contributed by atoms with E-state index in [1.807, 2.05) is 0 Å². The first-order valence-electron chi connectivity index (χ1n) is 7.64. The van der Waals surface area contributed by atoms with Gasteiger partial charge in [-0.2, -0.15) is 18.2 Å². The Morgan fingerprint density at radius 2 is 1.92 bits per heavy atom. The first-order valence-corrected chi connectivity index (χ1v) is 7.64. The van der Waals surface area contributed by atoms with Crippen LogP contribution in [0.15, 0.2) is 50.1 Å². The second-order valence-corrected chi connectivity index (χ2v) is 5.43. The Morgan fingerprint density at radius 1 is 1.15 bits per heavy atom. The molecule has 0 aromatic carbocycles. The molecule has 0 aliphatic rings. The van der Waals surface area contributed by atoms with E-state index in [1.54, 1.807) is 18.2 Å². The highest BCUT2D eigenvalue weighted by Gasteiger charge is 2.33. The number of hydrogen-bond donors (Lipinski definition) is 0. The second-order valence-electron chi connectivity index (χ2n) is 5.43. The predicted molar refractivity (Wildman–Crippen MR) is 80.5 cm³/mol. The fraction of sp³-hybridized carbons (Fsp3) is 0.312. The predicted octanol–water partition coefficient (Wildman–Crippen LogP) is 3.45. The number of carbonyl (C=O) groups is 1. The molecule has 0 aliphatic heterocycles. The molecule has 0 saturated carbocycles. The molecule has 1 amide bonds. The van der Waals surface area contributed by atoms with Crippen LogP contribution in [0.4, 0.5) is 13.2 Å². The van der Waals surface area contributed by atoms with E-state index in [4.69, 9.17) is 13.4 Å². The van der Waals surface area contributed by atoms with Crippen molar-refractivity contribution >= 4 is 5.91 Å². The van der Waals surface area contributed by atoms with Gasteiger partial charge in [-0.15, -0.1) is 0 Å². The van der Waals surface area contributed by atoms with Crippen molar-refractivity contribution in [2.24, 2.45) is 0 Å². The third kappa shape index (κ3) is 4.74. The number of aryl methyl sites for hydroxylation is 1. The van der Waals surface area contributed by atoms with Crippen LogP contribution in [-0.4, -0.2) is 33.7 Å². The van der Waals surface area contributed by atoms with Crippen molar-refractivity contribution in [3.63, 3.8) is 0 Å². The minimum atomic E-state index is -4.51. The summed E-state index contributed by atoms with van der Waals surface area (Å²) in [5, 5.41) is 3.70. The number of nitrogens with zero attached hydrogens (tertiary/aromatic N) is 3. The van der Waals surface area contributed by atoms with Gasteiger partial charge in [-0.05, 0) is 24.3 Å². The largest absolute Gasteiger partial charge is 0.467 e. The summed E-state index contributed by atoms with van der Waals surface area (Å²) in [4.78, 5) is 17.0. The van der Waals surface area contributed by atoms with Gasteiger partial charge in [-0.3, -0.25) is 4.79 Å². The van der Waals surface area contributed by atoms with Crippen LogP contribution in [-0.2, 0) is 17.8 Å². The number of furan rings is 2. The summed E-state index contributed by atoms with van der Waals surface area (Å²) in [5.41, 5.74) is 0. The lowest BCUT2D eigenvalue weighted by Gasteiger charge is -2.22. The van der Waals surface area contributed by atoms with Gasteiger partial charge in [0.1, 0.15) is 12.3 Å². The number of alkyl halides is 3. The maximum Gasteiger partial charge on any atom is 0.406 e. The van der Waals surface area contributed by atoms with E-state index in [1.165, 1.54) is 18.6 Å². The third-order valence-electron chi connectivity index (χ3n) is 3.41. The first kappa shape index (κ1) is 17.8. The number of hydrogen-bond acceptors (Lipinski definition) is 6. The van der Waals surface area contributed by atoms with Crippen LogP contribution in [0.3, 0.4) is 0 Å². The lowest BCUT2D eigenvalue weighted by Crippen LogP contribution is -2.38. The maximum absolute atomic E-state index is 12.7. The molecule has 0 atom stereocenters. The molecule has 138 valence electrons. The van der Waals surface area contributed by atoms with Crippen molar-refractivity contribution in [2.45, 2.75) is 25.6 Å². The van der Waals surface area contributed by atoms with Crippen LogP contribution < -0.4 is 0 Å². The van der Waals surface area contributed by atoms with Crippen LogP contribution in [0.2, 0.25) is 0 Å². The molecule has 3 heterocycles. The molecule has 0 spiro atoms. The minimum Gasteiger partial charge on any atom is -0.467 e. The van der Waals surface area contributed by atoms with E-state index in [0.717, 1.165) is 0 Å². The van der Waals surface area contributed by atoms with Crippen molar-refractivity contribution in [1.82, 2.24) is 15.0 Å². The van der Waals surface area contributed by atoms with Crippen LogP contribution >= 0.6 is 0 Å². The molecule has 0 fully saturated rings. The van der Waals surface area contributed by atoms with Gasteiger partial charge in [0.25, 0.3) is 0 Å². The van der Waals surface area contributed by atoms with Crippen LogP contribution in [0.25, 0.3) is 11.6 Å². The zero-order chi connectivity index (χ0) is 18.6. The summed E-state index contributed by atoms with van der Waals surface area (Å²) in [5.74, 6) is 0.301. The van der Waals surface area contributed by atoms with E-state index in [9.17, 15) is 18.0 Å². The molecule has 26 heavy (non-hydrogen) atoms. The molecule has 0 aliphatic carbocycles. The lowest BCUT2D eigenvalue weighted by atomic mass is 10.2. The fourth-order valence-corrected chi connectivity index (χ4v) is 2.27. The molecule has 0 unspecified atom stereocenters. The van der Waals surface area contributed by atoms with Gasteiger partial charge in [0.15, 0.2) is 5.76 Å². The maximum atomic E-state index is 12.7. The van der Waals surface area contributed by atoms with Crippen LogP contribution in [0.5, 0.6) is 0 Å². The van der Waals surface area contributed by atoms with Gasteiger partial charge < -0.3 is 18.3 Å². The van der Waals surface area contributed by atoms with Gasteiger partial charge in [-0.1, -0.05) is 5.16 Å². The third-order valence-corrected chi connectivity index (χ3v) is 3.41. The summed E-state index contributed by atoms with van der Waals surface area (Å²) in [6.07, 6.45) is -1.94. The van der Waals surface area contributed by atoms with Crippen molar-refractivity contribution in [1.29, 1.82) is 0 Å². The summed E-state index contributed by atoms with van der Waals surface area (Å²) < 4.78 is 53.4. The van der Waals surface area contributed by atoms with Gasteiger partial charge in [0.05, 0.1) is 19.1 Å². The molecule has 3 aromatic heterocycles. The highest BCUT2D eigenvalue weighted by molar-refractivity contribution is 5.76. The van der Waals surface area contributed by atoms with Crippen molar-refractivity contribution in [2.75, 3.05) is 6.54 Å². The molecule has 0 bridgehead atoms. The Morgan fingerprint density at radius 3 is 2.58 bits per heavy atom. The van der Waals surface area contributed by atoms with Crippen LogP contribution in [0, 0.1) is 0 Å². The van der Waals surface area contributed by atoms with E-state index in [-0.39, 0.29) is 36.9 Å². The zero-order valence-electron chi connectivity index (χ0n) is 13.4. The highest BCUT2D eigenvalue weighted by Crippen LogP contribution is 2.20. The standard InChI is InChI=1S/C16H14F3N3O4/c17-16(18,19)10-22(9-11-3-1-7-24-11)14(23)6-5-13-20-15(21-26-13)12-4-2-8-25-12/h1-4,7-8H,5-6,9-10H2.